The van der Waals surface area contributed by atoms with Crippen LogP contribution in [0.3, 0.4) is 0 Å². The third kappa shape index (κ3) is 2.94. The van der Waals surface area contributed by atoms with Crippen molar-refractivity contribution in [2.75, 3.05) is 7.11 Å². The van der Waals surface area contributed by atoms with E-state index in [4.69, 9.17) is 4.74 Å². The molecule has 0 N–H and O–H groups in total. The first kappa shape index (κ1) is 11.4. The molecule has 1 unspecified atom stereocenters. The van der Waals surface area contributed by atoms with Gasteiger partial charge in [-0.1, -0.05) is 34.2 Å². The Labute approximate surface area is 101 Å². The number of rotatable bonds is 2. The standard InChI is InChI=1S/C13H19BrO/c1-15-13-7-5-10(6-8-13)11-3-2-4-12(14)9-11/h2,4,9-11,13H,3,5-8H2,1H3/t10-,11?,13-. The molecule has 15 heavy (non-hydrogen) atoms. The fourth-order valence-corrected chi connectivity index (χ4v) is 3.27. The van der Waals surface area contributed by atoms with E-state index in [-0.39, 0.29) is 0 Å². The Morgan fingerprint density at radius 3 is 2.60 bits per heavy atom. The maximum Gasteiger partial charge on any atom is 0.0571 e. The van der Waals surface area contributed by atoms with Crippen molar-refractivity contribution in [2.45, 2.75) is 38.2 Å². The van der Waals surface area contributed by atoms with E-state index >= 15 is 0 Å². The molecular formula is C13H19BrO. The maximum absolute atomic E-state index is 5.41. The van der Waals surface area contributed by atoms with Crippen LogP contribution in [0.4, 0.5) is 0 Å². The number of halogens is 1. The summed E-state index contributed by atoms with van der Waals surface area (Å²) in [7, 11) is 1.84. The molecule has 2 aliphatic carbocycles. The van der Waals surface area contributed by atoms with Gasteiger partial charge in [0, 0.05) is 11.6 Å². The van der Waals surface area contributed by atoms with Crippen LogP contribution in [-0.4, -0.2) is 13.2 Å². The monoisotopic (exact) mass is 270 g/mol. The summed E-state index contributed by atoms with van der Waals surface area (Å²) in [6, 6.07) is 0. The Morgan fingerprint density at radius 2 is 2.00 bits per heavy atom. The Bertz CT molecular complexity index is 262. The van der Waals surface area contributed by atoms with Crippen molar-refractivity contribution in [3.63, 3.8) is 0 Å². The lowest BCUT2D eigenvalue weighted by Gasteiger charge is -2.32. The van der Waals surface area contributed by atoms with Crippen molar-refractivity contribution in [3.8, 4) is 0 Å². The second kappa shape index (κ2) is 5.31. The van der Waals surface area contributed by atoms with Crippen molar-refractivity contribution >= 4 is 15.9 Å². The van der Waals surface area contributed by atoms with Gasteiger partial charge >= 0.3 is 0 Å². The molecule has 0 aromatic carbocycles. The minimum atomic E-state index is 0.521. The number of methoxy groups -OCH3 is 1. The van der Waals surface area contributed by atoms with Gasteiger partial charge in [-0.05, 0) is 43.9 Å². The lowest BCUT2D eigenvalue weighted by atomic mass is 9.76. The van der Waals surface area contributed by atoms with E-state index in [9.17, 15) is 0 Å². The lowest BCUT2D eigenvalue weighted by molar-refractivity contribution is 0.0503. The summed E-state index contributed by atoms with van der Waals surface area (Å²) in [6.45, 7) is 0. The molecule has 0 spiro atoms. The fraction of sp³-hybridized carbons (Fsp3) is 0.692. The van der Waals surface area contributed by atoms with Crippen molar-refractivity contribution < 1.29 is 4.74 Å². The van der Waals surface area contributed by atoms with Crippen molar-refractivity contribution in [1.82, 2.24) is 0 Å². The summed E-state index contributed by atoms with van der Waals surface area (Å²) in [5, 5.41) is 0. The van der Waals surface area contributed by atoms with Gasteiger partial charge in [-0.2, -0.15) is 0 Å². The minimum absolute atomic E-state index is 0.521. The maximum atomic E-state index is 5.41. The quantitative estimate of drug-likeness (QED) is 0.736. The molecule has 2 rings (SSSR count). The minimum Gasteiger partial charge on any atom is -0.381 e. The van der Waals surface area contributed by atoms with Gasteiger partial charge in [-0.15, -0.1) is 0 Å². The van der Waals surface area contributed by atoms with Gasteiger partial charge < -0.3 is 4.74 Å². The van der Waals surface area contributed by atoms with E-state index in [1.807, 2.05) is 7.11 Å². The van der Waals surface area contributed by atoms with Crippen LogP contribution in [-0.2, 0) is 4.74 Å². The molecule has 1 atom stereocenters. The first-order chi connectivity index (χ1) is 7.29. The first-order valence-corrected chi connectivity index (χ1v) is 6.65. The third-order valence-corrected chi connectivity index (χ3v) is 4.24. The van der Waals surface area contributed by atoms with Crippen molar-refractivity contribution in [3.05, 3.63) is 22.7 Å². The zero-order valence-electron chi connectivity index (χ0n) is 9.29. The highest BCUT2D eigenvalue weighted by atomic mass is 79.9. The van der Waals surface area contributed by atoms with Crippen molar-refractivity contribution in [2.24, 2.45) is 11.8 Å². The van der Waals surface area contributed by atoms with Crippen LogP contribution in [0, 0.1) is 11.8 Å². The summed E-state index contributed by atoms with van der Waals surface area (Å²) < 4.78 is 6.67. The van der Waals surface area contributed by atoms with Crippen LogP contribution in [0.25, 0.3) is 0 Å². The number of hydrogen-bond acceptors (Lipinski definition) is 1. The third-order valence-electron chi connectivity index (χ3n) is 3.72. The number of allylic oxidation sites excluding steroid dienone is 4. The zero-order valence-corrected chi connectivity index (χ0v) is 10.9. The SMILES string of the molecule is CO[C@H]1CC[C@H](C2C=C(Br)C=CC2)CC1. The topological polar surface area (TPSA) is 9.23 Å². The molecule has 0 radical (unpaired) electrons. The molecule has 0 aromatic heterocycles. The van der Waals surface area contributed by atoms with E-state index in [2.05, 4.69) is 34.2 Å². The second-order valence-electron chi connectivity index (χ2n) is 4.63. The largest absolute Gasteiger partial charge is 0.381 e. The molecule has 2 heteroatoms. The highest BCUT2D eigenvalue weighted by molar-refractivity contribution is 9.11. The molecule has 0 aliphatic heterocycles. The van der Waals surface area contributed by atoms with Crippen LogP contribution in [0.5, 0.6) is 0 Å². The Hall–Kier alpha value is -0.0800. The fourth-order valence-electron chi connectivity index (χ4n) is 2.75. The van der Waals surface area contributed by atoms with Crippen LogP contribution in [0.1, 0.15) is 32.1 Å². The normalized spacial score (nSPS) is 36.4. The van der Waals surface area contributed by atoms with Gasteiger partial charge in [-0.3, -0.25) is 0 Å². The van der Waals surface area contributed by atoms with Crippen LogP contribution < -0.4 is 0 Å². The summed E-state index contributed by atoms with van der Waals surface area (Å²) >= 11 is 3.57. The second-order valence-corrected chi connectivity index (χ2v) is 5.54. The van der Waals surface area contributed by atoms with E-state index in [0.717, 1.165) is 11.8 Å². The summed E-state index contributed by atoms with van der Waals surface area (Å²) in [4.78, 5) is 0. The molecule has 0 aromatic rings. The van der Waals surface area contributed by atoms with Gasteiger partial charge in [-0.25, -0.2) is 0 Å². The molecular weight excluding hydrogens is 252 g/mol. The average molecular weight is 271 g/mol. The van der Waals surface area contributed by atoms with E-state index in [1.54, 1.807) is 0 Å². The van der Waals surface area contributed by atoms with E-state index in [0.29, 0.717) is 6.10 Å². The van der Waals surface area contributed by atoms with Gasteiger partial charge in [0.15, 0.2) is 0 Å². The molecule has 1 nitrogen and oxygen atoms in total. The van der Waals surface area contributed by atoms with Crippen molar-refractivity contribution in [1.29, 1.82) is 0 Å². The van der Waals surface area contributed by atoms with Crippen LogP contribution in [0.2, 0.25) is 0 Å². The lowest BCUT2D eigenvalue weighted by Crippen LogP contribution is -2.25. The highest BCUT2D eigenvalue weighted by Gasteiger charge is 2.26. The first-order valence-electron chi connectivity index (χ1n) is 5.86. The summed E-state index contributed by atoms with van der Waals surface area (Å²) in [5.41, 5.74) is 0. The van der Waals surface area contributed by atoms with Gasteiger partial charge in [0.05, 0.1) is 6.10 Å². The predicted octanol–water partition coefficient (Wildman–Crippen LogP) is 4.05. The van der Waals surface area contributed by atoms with Gasteiger partial charge in [0.25, 0.3) is 0 Å². The molecule has 0 saturated heterocycles. The van der Waals surface area contributed by atoms with Gasteiger partial charge in [0.2, 0.25) is 0 Å². The highest BCUT2D eigenvalue weighted by Crippen LogP contribution is 2.36. The van der Waals surface area contributed by atoms with E-state index in [1.165, 1.54) is 36.6 Å². The smallest absolute Gasteiger partial charge is 0.0571 e. The summed E-state index contributed by atoms with van der Waals surface area (Å²) in [5.74, 6) is 1.62. The molecule has 2 aliphatic rings. The van der Waals surface area contributed by atoms with Crippen LogP contribution >= 0.6 is 15.9 Å². The summed E-state index contributed by atoms with van der Waals surface area (Å²) in [6.07, 6.45) is 13.7. The molecule has 0 heterocycles. The number of ether oxygens (including phenoxy) is 1. The molecule has 0 amide bonds. The van der Waals surface area contributed by atoms with Crippen LogP contribution in [0.15, 0.2) is 22.7 Å². The molecule has 84 valence electrons. The Kier molecular flexibility index (Phi) is 4.04. The number of hydrogen-bond donors (Lipinski definition) is 0. The predicted molar refractivity (Wildman–Crippen MR) is 67.0 cm³/mol. The Morgan fingerprint density at radius 1 is 1.27 bits per heavy atom. The molecule has 1 fully saturated rings. The van der Waals surface area contributed by atoms with Gasteiger partial charge in [0.1, 0.15) is 0 Å². The molecule has 1 saturated carbocycles. The van der Waals surface area contributed by atoms with E-state index < -0.39 is 0 Å². The molecule has 0 bridgehead atoms. The Balaban J connectivity index is 1.88. The average Bonchev–Trinajstić information content (AvgIpc) is 2.29. The zero-order chi connectivity index (χ0) is 10.7.